The lowest BCUT2D eigenvalue weighted by atomic mass is 9.93. The quantitative estimate of drug-likeness (QED) is 0.509. The summed E-state index contributed by atoms with van der Waals surface area (Å²) in [6.45, 7) is 9.66. The van der Waals surface area contributed by atoms with Gasteiger partial charge in [0.1, 0.15) is 5.82 Å². The number of aryl methyl sites for hydroxylation is 3. The summed E-state index contributed by atoms with van der Waals surface area (Å²) in [4.78, 5) is 24.6. The molecule has 1 aromatic carbocycles. The van der Waals surface area contributed by atoms with E-state index in [1.165, 1.54) is 0 Å². The van der Waals surface area contributed by atoms with Crippen molar-refractivity contribution >= 4 is 22.2 Å². The van der Waals surface area contributed by atoms with E-state index in [0.29, 0.717) is 0 Å². The van der Waals surface area contributed by atoms with E-state index >= 15 is 0 Å². The van der Waals surface area contributed by atoms with Crippen molar-refractivity contribution in [2.24, 2.45) is 7.05 Å². The summed E-state index contributed by atoms with van der Waals surface area (Å²) in [6.07, 6.45) is 5.40. The molecule has 1 unspecified atom stereocenters. The Balaban J connectivity index is 1.73. The van der Waals surface area contributed by atoms with Crippen LogP contribution >= 0.6 is 0 Å². The molecule has 0 saturated carbocycles. The highest BCUT2D eigenvalue weighted by Crippen LogP contribution is 2.31. The van der Waals surface area contributed by atoms with Crippen molar-refractivity contribution in [2.45, 2.75) is 44.6 Å². The van der Waals surface area contributed by atoms with Gasteiger partial charge in [0.05, 0.1) is 39.5 Å². The fourth-order valence-electron chi connectivity index (χ4n) is 4.68. The van der Waals surface area contributed by atoms with E-state index < -0.39 is 10.8 Å². The van der Waals surface area contributed by atoms with Gasteiger partial charge in [-0.25, -0.2) is 9.97 Å². The van der Waals surface area contributed by atoms with Crippen LogP contribution in [0.3, 0.4) is 0 Å². The third-order valence-corrected chi connectivity index (χ3v) is 7.85. The lowest BCUT2D eigenvalue weighted by Gasteiger charge is -2.41. The molecule has 7 nitrogen and oxygen atoms in total. The van der Waals surface area contributed by atoms with E-state index in [-0.39, 0.29) is 17.5 Å². The van der Waals surface area contributed by atoms with Gasteiger partial charge in [-0.05, 0) is 57.0 Å². The summed E-state index contributed by atoms with van der Waals surface area (Å²) in [7, 11) is 0.747. The normalized spacial score (nSPS) is 14.9. The van der Waals surface area contributed by atoms with Crippen LogP contribution in [0.4, 0.5) is 11.4 Å². The molecule has 0 radical (unpaired) electrons. The molecule has 8 heteroatoms. The number of nitrogens with zero attached hydrogens (tertiary/aromatic N) is 4. The van der Waals surface area contributed by atoms with E-state index in [2.05, 4.69) is 46.2 Å². The summed E-state index contributed by atoms with van der Waals surface area (Å²) in [6, 6.07) is 15.4. The van der Waals surface area contributed by atoms with Gasteiger partial charge in [-0.3, -0.25) is 9.00 Å². The number of benzene rings is 1. The molecule has 194 valence electrons. The highest BCUT2D eigenvalue weighted by Gasteiger charge is 2.30. The number of nitrogens with one attached hydrogen (secondary N) is 1. The second-order valence-electron chi connectivity index (χ2n) is 9.73. The van der Waals surface area contributed by atoms with Crippen LogP contribution in [-0.4, -0.2) is 38.1 Å². The molecule has 2 aromatic heterocycles. The van der Waals surface area contributed by atoms with E-state index in [0.717, 1.165) is 57.6 Å². The minimum absolute atomic E-state index is 0.0436. The number of aromatic nitrogens is 3. The molecule has 1 aliphatic rings. The Morgan fingerprint density at radius 2 is 1.70 bits per heavy atom. The molecule has 0 bridgehead atoms. The molecule has 1 saturated heterocycles. The summed E-state index contributed by atoms with van der Waals surface area (Å²) >= 11 is 0. The Kier molecular flexibility index (Phi) is 8.07. The average Bonchev–Trinajstić information content (AvgIpc) is 2.84. The van der Waals surface area contributed by atoms with Crippen LogP contribution in [0.15, 0.2) is 70.6 Å². The van der Waals surface area contributed by atoms with Crippen LogP contribution in [0.1, 0.15) is 47.1 Å². The van der Waals surface area contributed by atoms with Crippen LogP contribution in [0, 0.1) is 20.8 Å². The number of rotatable bonds is 6. The molecular formula is C29H35N5O2S. The number of hydrogen-bond donors (Lipinski definition) is 1. The van der Waals surface area contributed by atoms with Crippen molar-refractivity contribution < 1.29 is 4.21 Å². The fourth-order valence-corrected chi connectivity index (χ4v) is 5.39. The SMILES string of the molecule is Cc1ccc(=O)n(C)c(C2CN(c3cnc(C)nc3)C2)cc(C)c([C@@H](C)Nc2ccccc2S(C)=O)c1. The number of anilines is 2. The predicted molar refractivity (Wildman–Crippen MR) is 151 cm³/mol. The van der Waals surface area contributed by atoms with Crippen molar-refractivity contribution in [2.75, 3.05) is 29.6 Å². The Bertz CT molecular complexity index is 1430. The smallest absolute Gasteiger partial charge is 0.250 e. The van der Waals surface area contributed by atoms with Crippen LogP contribution in [0.5, 0.6) is 0 Å². The predicted octanol–water partition coefficient (Wildman–Crippen LogP) is 4.74. The van der Waals surface area contributed by atoms with Crippen LogP contribution < -0.4 is 15.8 Å². The summed E-state index contributed by atoms with van der Waals surface area (Å²) in [5.74, 6) is 0.955. The van der Waals surface area contributed by atoms with Crippen molar-refractivity contribution in [1.82, 2.24) is 14.5 Å². The first-order valence-corrected chi connectivity index (χ1v) is 14.0. The zero-order valence-electron chi connectivity index (χ0n) is 22.4. The summed E-state index contributed by atoms with van der Waals surface area (Å²) in [5, 5.41) is 3.57. The lowest BCUT2D eigenvalue weighted by Crippen LogP contribution is -2.46. The van der Waals surface area contributed by atoms with Crippen LogP contribution in [-0.2, 0) is 17.8 Å². The fraction of sp³-hybridized carbons (Fsp3) is 0.345. The van der Waals surface area contributed by atoms with Gasteiger partial charge in [0.25, 0.3) is 0 Å². The van der Waals surface area contributed by atoms with Gasteiger partial charge >= 0.3 is 0 Å². The van der Waals surface area contributed by atoms with Crippen LogP contribution in [0.2, 0.25) is 0 Å². The zero-order valence-corrected chi connectivity index (χ0v) is 23.2. The minimum atomic E-state index is -1.10. The molecule has 1 fully saturated rings. The topological polar surface area (TPSA) is 80.1 Å². The van der Waals surface area contributed by atoms with Gasteiger partial charge < -0.3 is 14.8 Å². The molecule has 3 aromatic rings. The van der Waals surface area contributed by atoms with Crippen molar-refractivity contribution in [1.29, 1.82) is 0 Å². The summed E-state index contributed by atoms with van der Waals surface area (Å²) < 4.78 is 14.0. The lowest BCUT2D eigenvalue weighted by molar-refractivity contribution is 0.493. The maximum absolute atomic E-state index is 13.0. The third kappa shape index (κ3) is 6.07. The maximum atomic E-state index is 13.0. The Labute approximate surface area is 221 Å². The largest absolute Gasteiger partial charge is 0.378 e. The van der Waals surface area contributed by atoms with Gasteiger partial charge in [-0.2, -0.15) is 0 Å². The first kappa shape index (κ1) is 26.5. The van der Waals surface area contributed by atoms with Gasteiger partial charge in [-0.1, -0.05) is 29.8 Å². The zero-order chi connectivity index (χ0) is 26.7. The molecule has 2 atom stereocenters. The molecule has 0 aliphatic carbocycles. The molecule has 0 amide bonds. The van der Waals surface area contributed by atoms with Crippen molar-refractivity contribution in [3.8, 4) is 0 Å². The molecule has 1 N–H and O–H groups in total. The van der Waals surface area contributed by atoms with Gasteiger partial charge in [-0.15, -0.1) is 0 Å². The van der Waals surface area contributed by atoms with E-state index in [4.69, 9.17) is 0 Å². The second-order valence-corrected chi connectivity index (χ2v) is 11.1. The molecule has 1 aliphatic heterocycles. The molecule has 3 heterocycles. The second kappa shape index (κ2) is 11.3. The number of para-hydroxylation sites is 1. The van der Waals surface area contributed by atoms with Crippen molar-refractivity contribution in [3.63, 3.8) is 0 Å². The van der Waals surface area contributed by atoms with Crippen molar-refractivity contribution in [3.05, 3.63) is 99.5 Å². The Morgan fingerprint density at radius 3 is 2.38 bits per heavy atom. The van der Waals surface area contributed by atoms with Gasteiger partial charge in [0.15, 0.2) is 0 Å². The van der Waals surface area contributed by atoms with Crippen LogP contribution in [0.25, 0.3) is 0 Å². The Morgan fingerprint density at radius 1 is 1.03 bits per heavy atom. The summed E-state index contributed by atoms with van der Waals surface area (Å²) in [5.41, 5.74) is 5.98. The highest BCUT2D eigenvalue weighted by molar-refractivity contribution is 7.84. The first-order chi connectivity index (χ1) is 17.6. The van der Waals surface area contributed by atoms with Gasteiger partial charge in [0, 0.05) is 50.1 Å². The molecule has 4 rings (SSSR count). The molecular weight excluding hydrogens is 482 g/mol. The standard InChI is InChI=1S/C29H35N5O2S/c1-19-11-12-29(35)33(5)27(23-17-34(18-23)24-15-30-22(4)31-16-24)14-20(2)25(13-19)21(3)32-26-9-7-8-10-28(26)37(6)36/h7-16,21,23,32H,17-18H2,1-6H3/t21-,37?/m1/s1. The number of hydrogen-bond acceptors (Lipinski definition) is 6. The molecule has 37 heavy (non-hydrogen) atoms. The first-order valence-electron chi connectivity index (χ1n) is 12.4. The highest BCUT2D eigenvalue weighted by atomic mass is 32.2. The molecule has 0 spiro atoms. The minimum Gasteiger partial charge on any atom is -0.378 e. The van der Waals surface area contributed by atoms with E-state index in [1.54, 1.807) is 16.9 Å². The third-order valence-electron chi connectivity index (χ3n) is 6.88. The monoisotopic (exact) mass is 517 g/mol. The van der Waals surface area contributed by atoms with E-state index in [9.17, 15) is 9.00 Å². The Hall–Kier alpha value is -3.52. The average molecular weight is 518 g/mol. The van der Waals surface area contributed by atoms with E-state index in [1.807, 2.05) is 63.6 Å². The van der Waals surface area contributed by atoms with Gasteiger partial charge in [0.2, 0.25) is 5.56 Å². The maximum Gasteiger partial charge on any atom is 0.250 e.